The smallest absolute Gasteiger partial charge is 0.233 e. The molecule has 0 atom stereocenters. The van der Waals surface area contributed by atoms with Gasteiger partial charge in [-0.15, -0.1) is 10.2 Å². The van der Waals surface area contributed by atoms with Crippen LogP contribution in [0.15, 0.2) is 41.8 Å². The topological polar surface area (TPSA) is 77.0 Å². The van der Waals surface area contributed by atoms with E-state index >= 15 is 0 Å². The summed E-state index contributed by atoms with van der Waals surface area (Å²) in [4.78, 5) is 13.6. The number of rotatable bonds is 5. The zero-order valence-corrected chi connectivity index (χ0v) is 11.4. The third-order valence-electron chi connectivity index (χ3n) is 2.55. The van der Waals surface area contributed by atoms with E-state index in [9.17, 15) is 4.79 Å². The average molecular weight is 277 g/mol. The van der Waals surface area contributed by atoms with Crippen LogP contribution in [0.4, 0.5) is 0 Å². The Labute approximate surface area is 115 Å². The van der Waals surface area contributed by atoms with E-state index in [0.717, 1.165) is 5.56 Å². The van der Waals surface area contributed by atoms with Gasteiger partial charge in [0.2, 0.25) is 11.1 Å². The minimum Gasteiger partial charge on any atom is -0.341 e. The molecule has 2 N–H and O–H groups in total. The third-order valence-corrected chi connectivity index (χ3v) is 3.50. The molecule has 1 aromatic carbocycles. The highest BCUT2D eigenvalue weighted by Crippen LogP contribution is 2.13. The second-order valence-electron chi connectivity index (χ2n) is 4.04. The van der Waals surface area contributed by atoms with Crippen molar-refractivity contribution in [3.8, 4) is 0 Å². The van der Waals surface area contributed by atoms with E-state index < -0.39 is 0 Å². The molecular weight excluding hydrogens is 262 g/mol. The predicted molar refractivity (Wildman–Crippen MR) is 73.8 cm³/mol. The number of nitrogens with zero attached hydrogens (tertiary/aromatic N) is 4. The first-order valence-corrected chi connectivity index (χ1v) is 6.71. The van der Waals surface area contributed by atoms with Crippen LogP contribution in [0.25, 0.3) is 0 Å². The van der Waals surface area contributed by atoms with Crippen molar-refractivity contribution in [2.75, 3.05) is 18.6 Å². The molecule has 2 rings (SSSR count). The summed E-state index contributed by atoms with van der Waals surface area (Å²) in [6, 6.07) is 9.86. The van der Waals surface area contributed by atoms with Crippen molar-refractivity contribution in [2.45, 2.75) is 11.7 Å². The standard InChI is InChI=1S/C12H15N5OS/c1-16(7-10-5-3-2-4-6-10)11(18)8-19-12-15-14-9-17(12)13/h2-6,9H,7-8,13H2,1H3. The first kappa shape index (κ1) is 13.4. The molecule has 6 nitrogen and oxygen atoms in total. The molecule has 0 radical (unpaired) electrons. The van der Waals surface area contributed by atoms with Crippen LogP contribution in [0.3, 0.4) is 0 Å². The normalized spacial score (nSPS) is 10.4. The van der Waals surface area contributed by atoms with Crippen LogP contribution in [0.1, 0.15) is 5.56 Å². The second kappa shape index (κ2) is 6.24. The third kappa shape index (κ3) is 3.72. The summed E-state index contributed by atoms with van der Waals surface area (Å²) in [6.45, 7) is 0.593. The van der Waals surface area contributed by atoms with Gasteiger partial charge >= 0.3 is 0 Å². The van der Waals surface area contributed by atoms with Crippen LogP contribution < -0.4 is 5.84 Å². The van der Waals surface area contributed by atoms with Gasteiger partial charge in [0, 0.05) is 13.6 Å². The number of carbonyl (C=O) groups excluding carboxylic acids is 1. The number of aromatic nitrogens is 3. The quantitative estimate of drug-likeness (QED) is 0.644. The molecule has 1 heterocycles. The molecule has 1 amide bonds. The number of carbonyl (C=O) groups is 1. The molecule has 100 valence electrons. The molecule has 0 spiro atoms. The lowest BCUT2D eigenvalue weighted by atomic mass is 10.2. The number of nitrogen functional groups attached to an aromatic ring is 1. The van der Waals surface area contributed by atoms with Crippen LogP contribution >= 0.6 is 11.8 Å². The fourth-order valence-electron chi connectivity index (χ4n) is 1.52. The van der Waals surface area contributed by atoms with E-state index in [0.29, 0.717) is 17.5 Å². The molecular formula is C12H15N5OS. The zero-order chi connectivity index (χ0) is 13.7. The van der Waals surface area contributed by atoms with Gasteiger partial charge in [-0.3, -0.25) is 4.79 Å². The van der Waals surface area contributed by atoms with E-state index in [1.54, 1.807) is 11.9 Å². The maximum Gasteiger partial charge on any atom is 0.233 e. The van der Waals surface area contributed by atoms with Gasteiger partial charge in [0.25, 0.3) is 0 Å². The van der Waals surface area contributed by atoms with Crippen LogP contribution in [-0.2, 0) is 11.3 Å². The van der Waals surface area contributed by atoms with Crippen molar-refractivity contribution in [1.29, 1.82) is 0 Å². The maximum absolute atomic E-state index is 12.0. The zero-order valence-electron chi connectivity index (χ0n) is 10.6. The van der Waals surface area contributed by atoms with Gasteiger partial charge in [0.1, 0.15) is 6.33 Å². The Morgan fingerprint density at radius 3 is 2.79 bits per heavy atom. The van der Waals surface area contributed by atoms with E-state index in [4.69, 9.17) is 5.84 Å². The summed E-state index contributed by atoms with van der Waals surface area (Å²) in [5, 5.41) is 7.99. The summed E-state index contributed by atoms with van der Waals surface area (Å²) < 4.78 is 1.30. The Morgan fingerprint density at radius 2 is 2.16 bits per heavy atom. The van der Waals surface area contributed by atoms with Crippen molar-refractivity contribution in [3.63, 3.8) is 0 Å². The highest BCUT2D eigenvalue weighted by Gasteiger charge is 2.11. The van der Waals surface area contributed by atoms with Crippen LogP contribution in [0.5, 0.6) is 0 Å². The summed E-state index contributed by atoms with van der Waals surface area (Å²) >= 11 is 1.27. The first-order valence-electron chi connectivity index (χ1n) is 5.72. The van der Waals surface area contributed by atoms with E-state index in [1.165, 1.54) is 22.8 Å². The molecule has 0 aliphatic heterocycles. The van der Waals surface area contributed by atoms with E-state index in [-0.39, 0.29) is 5.91 Å². The summed E-state index contributed by atoms with van der Waals surface area (Å²) in [5.41, 5.74) is 1.10. The predicted octanol–water partition coefficient (Wildman–Crippen LogP) is 0.743. The molecule has 0 saturated heterocycles. The molecule has 0 unspecified atom stereocenters. The Morgan fingerprint density at radius 1 is 1.42 bits per heavy atom. The molecule has 1 aromatic heterocycles. The lowest BCUT2D eigenvalue weighted by Gasteiger charge is -2.16. The van der Waals surface area contributed by atoms with Gasteiger partial charge in [-0.1, -0.05) is 42.1 Å². The van der Waals surface area contributed by atoms with E-state index in [1.807, 2.05) is 30.3 Å². The fraction of sp³-hybridized carbons (Fsp3) is 0.250. The van der Waals surface area contributed by atoms with Crippen molar-refractivity contribution >= 4 is 17.7 Å². The Hall–Kier alpha value is -2.02. The number of thioether (sulfide) groups is 1. The number of hydrogen-bond acceptors (Lipinski definition) is 5. The van der Waals surface area contributed by atoms with Gasteiger partial charge in [-0.25, -0.2) is 4.68 Å². The lowest BCUT2D eigenvalue weighted by molar-refractivity contribution is -0.127. The Kier molecular flexibility index (Phi) is 4.40. The van der Waals surface area contributed by atoms with Crippen LogP contribution in [-0.4, -0.2) is 38.5 Å². The number of nitrogens with two attached hydrogens (primary N) is 1. The van der Waals surface area contributed by atoms with Gasteiger partial charge in [-0.2, -0.15) is 0 Å². The van der Waals surface area contributed by atoms with Gasteiger partial charge in [0.15, 0.2) is 0 Å². The van der Waals surface area contributed by atoms with Gasteiger partial charge < -0.3 is 10.7 Å². The van der Waals surface area contributed by atoms with Gasteiger partial charge in [-0.05, 0) is 5.56 Å². The van der Waals surface area contributed by atoms with Crippen molar-refractivity contribution in [1.82, 2.24) is 19.8 Å². The largest absolute Gasteiger partial charge is 0.341 e. The molecule has 0 aliphatic rings. The molecule has 7 heteroatoms. The minimum atomic E-state index is 0.0249. The summed E-state index contributed by atoms with van der Waals surface area (Å²) in [6.07, 6.45) is 1.40. The number of amides is 1. The minimum absolute atomic E-state index is 0.0249. The molecule has 0 bridgehead atoms. The van der Waals surface area contributed by atoms with Crippen molar-refractivity contribution < 1.29 is 4.79 Å². The maximum atomic E-state index is 12.0. The molecule has 0 fully saturated rings. The average Bonchev–Trinajstić information content (AvgIpc) is 2.82. The van der Waals surface area contributed by atoms with E-state index in [2.05, 4.69) is 10.2 Å². The fourth-order valence-corrected chi connectivity index (χ4v) is 2.29. The second-order valence-corrected chi connectivity index (χ2v) is 4.99. The Bertz CT molecular complexity index is 542. The number of benzene rings is 1. The number of hydrogen-bond donors (Lipinski definition) is 1. The highest BCUT2D eigenvalue weighted by molar-refractivity contribution is 7.99. The SMILES string of the molecule is CN(Cc1ccccc1)C(=O)CSc1nncn1N. The van der Waals surface area contributed by atoms with Crippen molar-refractivity contribution in [3.05, 3.63) is 42.2 Å². The highest BCUT2D eigenvalue weighted by atomic mass is 32.2. The van der Waals surface area contributed by atoms with Crippen molar-refractivity contribution in [2.24, 2.45) is 0 Å². The molecule has 0 aliphatic carbocycles. The molecule has 19 heavy (non-hydrogen) atoms. The molecule has 0 saturated carbocycles. The molecule has 2 aromatic rings. The summed E-state index contributed by atoms with van der Waals surface area (Å²) in [7, 11) is 1.78. The van der Waals surface area contributed by atoms with Crippen LogP contribution in [0.2, 0.25) is 0 Å². The monoisotopic (exact) mass is 277 g/mol. The first-order chi connectivity index (χ1) is 9.16. The summed E-state index contributed by atoms with van der Waals surface area (Å²) in [5.74, 6) is 5.89. The Balaban J connectivity index is 1.84. The lowest BCUT2D eigenvalue weighted by Crippen LogP contribution is -2.28. The van der Waals surface area contributed by atoms with Crippen LogP contribution in [0, 0.1) is 0 Å². The van der Waals surface area contributed by atoms with Gasteiger partial charge in [0.05, 0.1) is 5.75 Å².